The lowest BCUT2D eigenvalue weighted by Crippen LogP contribution is -2.57. The van der Waals surface area contributed by atoms with Crippen molar-refractivity contribution in [2.24, 2.45) is 13.0 Å². The molecule has 3 atom stereocenters. The fraction of sp³-hybridized carbons (Fsp3) is 0.500. The second kappa shape index (κ2) is 12.3. The highest BCUT2D eigenvalue weighted by atomic mass is 32.2. The summed E-state index contributed by atoms with van der Waals surface area (Å²) >= 11 is -2.88. The predicted octanol–water partition coefficient (Wildman–Crippen LogP) is 4.00. The van der Waals surface area contributed by atoms with E-state index in [0.717, 1.165) is 21.1 Å². The molecule has 2 heterocycles. The van der Waals surface area contributed by atoms with Crippen LogP contribution in [0.4, 0.5) is 25.0 Å². The number of benzene rings is 1. The number of likely N-dealkylation sites (tertiary alicyclic amines) is 1. The quantitative estimate of drug-likeness (QED) is 0.372. The summed E-state index contributed by atoms with van der Waals surface area (Å²) in [5, 5.41) is 2.49. The number of carbonyl (C=O) groups excluding carboxylic acids is 3. The van der Waals surface area contributed by atoms with Crippen molar-refractivity contribution >= 4 is 40.6 Å². The zero-order valence-electron chi connectivity index (χ0n) is 23.2. The van der Waals surface area contributed by atoms with Crippen LogP contribution in [-0.2, 0) is 32.6 Å². The highest BCUT2D eigenvalue weighted by molar-refractivity contribution is 7.80. The fourth-order valence-corrected chi connectivity index (χ4v) is 5.21. The first-order valence-electron chi connectivity index (χ1n) is 12.6. The zero-order valence-corrected chi connectivity index (χ0v) is 24.0. The van der Waals surface area contributed by atoms with Gasteiger partial charge in [-0.3, -0.25) is 18.4 Å². The van der Waals surface area contributed by atoms with Crippen LogP contribution in [0.3, 0.4) is 0 Å². The standard InChI is InChI=1S/C26H34F2N4O7S/c1-7-38-24(34)17-10-11-31(25(35)39-26(3,4)5)14-19(17)32(40(36)37)20-13-30(6)22(21(20)28)23(33)29-16-8-9-18(27)15(2)12-16/h8-9,12-13,17,19H,7,10-11,14H2,1-6H3,(H,29,33)(H,36,37). The Morgan fingerprint density at radius 1 is 1.25 bits per heavy atom. The number of hydrogen-bond donors (Lipinski definition) is 2. The van der Waals surface area contributed by atoms with E-state index in [2.05, 4.69) is 5.32 Å². The van der Waals surface area contributed by atoms with Crippen molar-refractivity contribution in [3.63, 3.8) is 0 Å². The van der Waals surface area contributed by atoms with Crippen LogP contribution in [-0.4, -0.2) is 67.5 Å². The average molecular weight is 585 g/mol. The number of ether oxygens (including phenoxy) is 2. The number of aryl methyl sites for hydroxylation is 2. The van der Waals surface area contributed by atoms with Gasteiger partial charge in [-0.15, -0.1) is 0 Å². The molecule has 1 aliphatic heterocycles. The van der Waals surface area contributed by atoms with Gasteiger partial charge in [0.1, 0.15) is 22.8 Å². The predicted molar refractivity (Wildman–Crippen MR) is 144 cm³/mol. The van der Waals surface area contributed by atoms with Gasteiger partial charge in [-0.1, -0.05) is 0 Å². The molecule has 11 nitrogen and oxygen atoms in total. The summed E-state index contributed by atoms with van der Waals surface area (Å²) in [6.45, 7) is 8.05. The molecule has 220 valence electrons. The number of anilines is 2. The minimum Gasteiger partial charge on any atom is -0.466 e. The van der Waals surface area contributed by atoms with Gasteiger partial charge in [-0.2, -0.15) is 0 Å². The summed E-state index contributed by atoms with van der Waals surface area (Å²) in [4.78, 5) is 39.9. The van der Waals surface area contributed by atoms with Gasteiger partial charge in [-0.25, -0.2) is 17.8 Å². The maximum atomic E-state index is 15.9. The van der Waals surface area contributed by atoms with Gasteiger partial charge in [0, 0.05) is 32.0 Å². The summed E-state index contributed by atoms with van der Waals surface area (Å²) in [6, 6.07) is 2.65. The van der Waals surface area contributed by atoms with Gasteiger partial charge in [0.15, 0.2) is 5.82 Å². The Bertz CT molecular complexity index is 1310. The first kappa shape index (κ1) is 31.0. The minimum absolute atomic E-state index is 0.0485. The molecule has 2 aromatic rings. The van der Waals surface area contributed by atoms with E-state index in [1.807, 2.05) is 0 Å². The SMILES string of the molecule is CCOC(=O)C1CCN(C(=O)OC(C)(C)C)CC1N(c1cn(C)c(C(=O)Nc2ccc(F)c(C)c2)c1F)S(=O)O. The maximum Gasteiger partial charge on any atom is 0.410 e. The van der Waals surface area contributed by atoms with Crippen LogP contribution in [0.15, 0.2) is 24.4 Å². The Kier molecular flexibility index (Phi) is 9.56. The van der Waals surface area contributed by atoms with Crippen molar-refractivity contribution in [3.05, 3.63) is 47.3 Å². The third-order valence-electron chi connectivity index (χ3n) is 6.26. The van der Waals surface area contributed by atoms with E-state index in [1.54, 1.807) is 27.7 Å². The van der Waals surface area contributed by atoms with Gasteiger partial charge in [0.25, 0.3) is 17.2 Å². The van der Waals surface area contributed by atoms with E-state index in [9.17, 15) is 27.5 Å². The molecule has 1 saturated heterocycles. The number of amides is 2. The summed E-state index contributed by atoms with van der Waals surface area (Å²) < 4.78 is 64.9. The monoisotopic (exact) mass is 584 g/mol. The molecular formula is C26H34F2N4O7S. The van der Waals surface area contributed by atoms with Crippen molar-refractivity contribution in [3.8, 4) is 0 Å². The first-order chi connectivity index (χ1) is 18.6. The van der Waals surface area contributed by atoms with Crippen LogP contribution in [0.2, 0.25) is 0 Å². The molecule has 0 saturated carbocycles. The number of nitrogens with one attached hydrogen (secondary N) is 1. The van der Waals surface area contributed by atoms with Crippen LogP contribution in [0.1, 0.15) is 50.2 Å². The largest absolute Gasteiger partial charge is 0.466 e. The molecule has 0 bridgehead atoms. The number of esters is 1. The van der Waals surface area contributed by atoms with Gasteiger partial charge in [0.05, 0.1) is 18.6 Å². The smallest absolute Gasteiger partial charge is 0.410 e. The molecule has 1 aromatic carbocycles. The highest BCUT2D eigenvalue weighted by Crippen LogP contribution is 2.34. The Morgan fingerprint density at radius 3 is 2.50 bits per heavy atom. The van der Waals surface area contributed by atoms with Gasteiger partial charge >= 0.3 is 12.1 Å². The van der Waals surface area contributed by atoms with Crippen LogP contribution in [0, 0.1) is 24.5 Å². The minimum atomic E-state index is -2.88. The van der Waals surface area contributed by atoms with E-state index in [1.165, 1.54) is 31.0 Å². The highest BCUT2D eigenvalue weighted by Gasteiger charge is 2.44. The average Bonchev–Trinajstić information content (AvgIpc) is 3.13. The van der Waals surface area contributed by atoms with Gasteiger partial charge < -0.3 is 24.3 Å². The Labute approximate surface area is 233 Å². The van der Waals surface area contributed by atoms with Crippen LogP contribution in [0.25, 0.3) is 0 Å². The lowest BCUT2D eigenvalue weighted by molar-refractivity contribution is -0.150. The molecule has 3 rings (SSSR count). The molecule has 40 heavy (non-hydrogen) atoms. The lowest BCUT2D eigenvalue weighted by atomic mass is 9.91. The topological polar surface area (TPSA) is 130 Å². The molecule has 1 aliphatic rings. The van der Waals surface area contributed by atoms with Crippen LogP contribution >= 0.6 is 0 Å². The third kappa shape index (κ3) is 6.97. The van der Waals surface area contributed by atoms with Gasteiger partial charge in [0.2, 0.25) is 0 Å². The third-order valence-corrected chi connectivity index (χ3v) is 7.07. The van der Waals surface area contributed by atoms with Gasteiger partial charge in [-0.05, 0) is 64.8 Å². The fourth-order valence-electron chi connectivity index (χ4n) is 4.47. The number of halogens is 2. The Hall–Kier alpha value is -3.52. The molecule has 0 aliphatic carbocycles. The molecule has 1 fully saturated rings. The molecule has 0 spiro atoms. The normalized spacial score (nSPS) is 18.2. The Balaban J connectivity index is 2.00. The van der Waals surface area contributed by atoms with Crippen LogP contribution < -0.4 is 9.62 Å². The van der Waals surface area contributed by atoms with E-state index in [4.69, 9.17) is 9.47 Å². The van der Waals surface area contributed by atoms with Crippen molar-refractivity contribution in [1.29, 1.82) is 0 Å². The van der Waals surface area contributed by atoms with Crippen molar-refractivity contribution in [1.82, 2.24) is 9.47 Å². The van der Waals surface area contributed by atoms with Crippen molar-refractivity contribution in [2.45, 2.75) is 52.7 Å². The molecule has 2 amide bonds. The first-order valence-corrected chi connectivity index (χ1v) is 13.7. The molecule has 0 radical (unpaired) electrons. The number of aromatic nitrogens is 1. The lowest BCUT2D eigenvalue weighted by Gasteiger charge is -2.41. The number of nitrogens with zero attached hydrogens (tertiary/aromatic N) is 3. The summed E-state index contributed by atoms with van der Waals surface area (Å²) in [6.07, 6.45) is 0.497. The molecule has 14 heteroatoms. The van der Waals surface area contributed by atoms with Crippen molar-refractivity contribution in [2.75, 3.05) is 29.3 Å². The number of carbonyl (C=O) groups is 3. The number of hydrogen-bond acceptors (Lipinski definition) is 6. The molecule has 2 N–H and O–H groups in total. The van der Waals surface area contributed by atoms with Crippen LogP contribution in [0.5, 0.6) is 0 Å². The maximum absolute atomic E-state index is 15.9. The number of piperidine rings is 1. The summed E-state index contributed by atoms with van der Waals surface area (Å²) in [5.74, 6) is -4.16. The second-order valence-electron chi connectivity index (χ2n) is 10.4. The summed E-state index contributed by atoms with van der Waals surface area (Å²) in [7, 11) is 1.37. The number of rotatable bonds is 7. The van der Waals surface area contributed by atoms with E-state index < -0.39 is 69.8 Å². The second-order valence-corrected chi connectivity index (χ2v) is 11.3. The van der Waals surface area contributed by atoms with E-state index in [0.29, 0.717) is 0 Å². The molecular weight excluding hydrogens is 550 g/mol. The zero-order chi connectivity index (χ0) is 29.9. The molecule has 3 unspecified atom stereocenters. The molecule has 1 aromatic heterocycles. The van der Waals surface area contributed by atoms with E-state index >= 15 is 4.39 Å². The van der Waals surface area contributed by atoms with E-state index in [-0.39, 0.29) is 37.4 Å². The van der Waals surface area contributed by atoms with Crippen molar-refractivity contribution < 1.29 is 41.4 Å². The summed E-state index contributed by atoms with van der Waals surface area (Å²) in [5.41, 5.74) is -1.24. The Morgan fingerprint density at radius 2 is 1.93 bits per heavy atom.